The Hall–Kier alpha value is -1.03. The lowest BCUT2D eigenvalue weighted by molar-refractivity contribution is -0.120. The van der Waals surface area contributed by atoms with Crippen molar-refractivity contribution in [2.45, 2.75) is 36.0 Å². The van der Waals surface area contributed by atoms with Crippen molar-refractivity contribution < 1.29 is 9.18 Å². The number of carbonyl (C=O) groups excluding carboxylic acids is 1. The fourth-order valence-electron chi connectivity index (χ4n) is 1.32. The summed E-state index contributed by atoms with van der Waals surface area (Å²) in [4.78, 5) is 12.6. The minimum absolute atomic E-state index is 0.0665. The van der Waals surface area contributed by atoms with Gasteiger partial charge in [-0.05, 0) is 44.0 Å². The summed E-state index contributed by atoms with van der Waals surface area (Å²) in [7, 11) is 0. The molecule has 1 fully saturated rings. The minimum Gasteiger partial charge on any atom is -0.352 e. The van der Waals surface area contributed by atoms with E-state index < -0.39 is 0 Å². The second kappa shape index (κ2) is 4.87. The molecule has 0 bridgehead atoms. The smallest absolute Gasteiger partial charge is 0.233 e. The number of thioether (sulfide) groups is 1. The van der Waals surface area contributed by atoms with Gasteiger partial charge in [-0.25, -0.2) is 4.39 Å². The molecule has 0 spiro atoms. The molecule has 1 aliphatic rings. The Balaban J connectivity index is 1.87. The summed E-state index contributed by atoms with van der Waals surface area (Å²) in [5.41, 5.74) is 0. The third kappa shape index (κ3) is 3.23. The molecule has 86 valence electrons. The number of carbonyl (C=O) groups is 1. The lowest BCUT2D eigenvalue weighted by Crippen LogP contribution is -2.32. The summed E-state index contributed by atoms with van der Waals surface area (Å²) in [6.07, 6.45) is 2.19. The number of amides is 1. The van der Waals surface area contributed by atoms with Crippen LogP contribution in [-0.2, 0) is 4.79 Å². The van der Waals surface area contributed by atoms with E-state index in [0.717, 1.165) is 17.7 Å². The summed E-state index contributed by atoms with van der Waals surface area (Å²) in [6, 6.07) is 6.60. The lowest BCUT2D eigenvalue weighted by Gasteiger charge is -2.11. The van der Waals surface area contributed by atoms with Crippen molar-refractivity contribution in [1.29, 1.82) is 0 Å². The topological polar surface area (TPSA) is 29.1 Å². The highest BCUT2D eigenvalue weighted by Crippen LogP contribution is 2.25. The second-order valence-corrected chi connectivity index (χ2v) is 5.41. The molecule has 2 rings (SSSR count). The van der Waals surface area contributed by atoms with E-state index in [1.54, 1.807) is 12.1 Å². The summed E-state index contributed by atoms with van der Waals surface area (Å²) >= 11 is 1.45. The number of hydrogen-bond donors (Lipinski definition) is 1. The molecule has 0 radical (unpaired) electrons. The zero-order chi connectivity index (χ0) is 11.5. The fraction of sp³-hybridized carbons (Fsp3) is 0.417. The highest BCUT2D eigenvalue weighted by Gasteiger charge is 2.25. The third-order valence-electron chi connectivity index (χ3n) is 2.42. The number of rotatable bonds is 4. The molecular weight excluding hydrogens is 225 g/mol. The minimum atomic E-state index is -0.251. The van der Waals surface area contributed by atoms with Crippen molar-refractivity contribution >= 4 is 17.7 Å². The van der Waals surface area contributed by atoms with Gasteiger partial charge in [0.1, 0.15) is 5.82 Å². The molecule has 1 aliphatic carbocycles. The monoisotopic (exact) mass is 239 g/mol. The first kappa shape index (κ1) is 11.5. The van der Waals surface area contributed by atoms with Crippen LogP contribution in [0.3, 0.4) is 0 Å². The molecular formula is C12H14FNOS. The summed E-state index contributed by atoms with van der Waals surface area (Å²) in [6.45, 7) is 1.87. The van der Waals surface area contributed by atoms with Gasteiger partial charge in [-0.2, -0.15) is 0 Å². The van der Waals surface area contributed by atoms with Crippen LogP contribution in [-0.4, -0.2) is 17.2 Å². The maximum atomic E-state index is 12.7. The quantitative estimate of drug-likeness (QED) is 0.818. The number of hydrogen-bond acceptors (Lipinski definition) is 2. The Morgan fingerprint density at radius 2 is 2.06 bits per heavy atom. The Kier molecular flexibility index (Phi) is 3.49. The summed E-state index contributed by atoms with van der Waals surface area (Å²) in [5.74, 6) is -0.184. The van der Waals surface area contributed by atoms with Crippen LogP contribution in [0.1, 0.15) is 19.8 Å². The van der Waals surface area contributed by atoms with Crippen molar-refractivity contribution in [3.05, 3.63) is 30.1 Å². The standard InChI is InChI=1S/C12H14FNOS/c1-8(12(15)14-10-4-5-10)16-11-6-2-9(13)3-7-11/h2-3,6-8,10H,4-5H2,1H3,(H,14,15). The molecule has 0 heterocycles. The van der Waals surface area contributed by atoms with Gasteiger partial charge in [0.05, 0.1) is 5.25 Å². The van der Waals surface area contributed by atoms with E-state index in [1.165, 1.54) is 23.9 Å². The fourth-order valence-corrected chi connectivity index (χ4v) is 2.19. The average Bonchev–Trinajstić information content (AvgIpc) is 3.05. The molecule has 1 N–H and O–H groups in total. The first-order valence-corrected chi connectivity index (χ1v) is 6.26. The van der Waals surface area contributed by atoms with Crippen molar-refractivity contribution in [2.75, 3.05) is 0 Å². The van der Waals surface area contributed by atoms with Crippen LogP contribution in [0.4, 0.5) is 4.39 Å². The van der Waals surface area contributed by atoms with E-state index in [9.17, 15) is 9.18 Å². The normalized spacial score (nSPS) is 16.9. The molecule has 2 nitrogen and oxygen atoms in total. The average molecular weight is 239 g/mol. The van der Waals surface area contributed by atoms with Crippen molar-refractivity contribution in [2.24, 2.45) is 0 Å². The maximum absolute atomic E-state index is 12.7. The van der Waals surface area contributed by atoms with Gasteiger partial charge < -0.3 is 5.32 Å². The Labute approximate surface area is 98.6 Å². The number of benzene rings is 1. The lowest BCUT2D eigenvalue weighted by atomic mass is 10.3. The van der Waals surface area contributed by atoms with Gasteiger partial charge in [0.25, 0.3) is 0 Å². The van der Waals surface area contributed by atoms with Crippen LogP contribution in [0, 0.1) is 5.82 Å². The van der Waals surface area contributed by atoms with Crippen LogP contribution in [0.15, 0.2) is 29.2 Å². The molecule has 1 aromatic carbocycles. The van der Waals surface area contributed by atoms with Crippen LogP contribution in [0.2, 0.25) is 0 Å². The molecule has 1 unspecified atom stereocenters. The molecule has 1 aromatic rings. The van der Waals surface area contributed by atoms with Gasteiger partial charge in [-0.15, -0.1) is 11.8 Å². The highest BCUT2D eigenvalue weighted by atomic mass is 32.2. The van der Waals surface area contributed by atoms with Crippen LogP contribution in [0.25, 0.3) is 0 Å². The van der Waals surface area contributed by atoms with E-state index in [-0.39, 0.29) is 17.0 Å². The third-order valence-corrected chi connectivity index (χ3v) is 3.53. The summed E-state index contributed by atoms with van der Waals surface area (Å²) in [5, 5.41) is 2.82. The Morgan fingerprint density at radius 1 is 1.44 bits per heavy atom. The summed E-state index contributed by atoms with van der Waals surface area (Å²) < 4.78 is 12.7. The number of nitrogens with one attached hydrogen (secondary N) is 1. The second-order valence-electron chi connectivity index (χ2n) is 4.00. The van der Waals surface area contributed by atoms with Crippen LogP contribution in [0.5, 0.6) is 0 Å². The zero-order valence-corrected chi connectivity index (χ0v) is 9.89. The van der Waals surface area contributed by atoms with Crippen molar-refractivity contribution in [1.82, 2.24) is 5.32 Å². The largest absolute Gasteiger partial charge is 0.352 e. The van der Waals surface area contributed by atoms with Crippen molar-refractivity contribution in [3.63, 3.8) is 0 Å². The van der Waals surface area contributed by atoms with E-state index in [4.69, 9.17) is 0 Å². The van der Waals surface area contributed by atoms with Gasteiger partial charge >= 0.3 is 0 Å². The molecule has 1 amide bonds. The molecule has 1 atom stereocenters. The molecule has 1 saturated carbocycles. The molecule has 4 heteroatoms. The van der Waals surface area contributed by atoms with Gasteiger partial charge in [0.2, 0.25) is 5.91 Å². The maximum Gasteiger partial charge on any atom is 0.233 e. The Morgan fingerprint density at radius 3 is 2.62 bits per heavy atom. The highest BCUT2D eigenvalue weighted by molar-refractivity contribution is 8.00. The van der Waals surface area contributed by atoms with Crippen LogP contribution < -0.4 is 5.32 Å². The van der Waals surface area contributed by atoms with Crippen LogP contribution >= 0.6 is 11.8 Å². The molecule has 16 heavy (non-hydrogen) atoms. The van der Waals surface area contributed by atoms with E-state index in [2.05, 4.69) is 5.32 Å². The first-order valence-electron chi connectivity index (χ1n) is 5.38. The predicted octanol–water partition coefficient (Wildman–Crippen LogP) is 2.58. The van der Waals surface area contributed by atoms with Gasteiger partial charge in [-0.3, -0.25) is 4.79 Å². The Bertz CT molecular complexity index is 375. The first-order chi connectivity index (χ1) is 7.65. The number of halogens is 1. The van der Waals surface area contributed by atoms with Gasteiger partial charge in [-0.1, -0.05) is 0 Å². The SMILES string of the molecule is CC(Sc1ccc(F)cc1)C(=O)NC1CC1. The van der Waals surface area contributed by atoms with E-state index in [0.29, 0.717) is 6.04 Å². The predicted molar refractivity (Wildman–Crippen MR) is 62.9 cm³/mol. The van der Waals surface area contributed by atoms with E-state index in [1.807, 2.05) is 6.92 Å². The van der Waals surface area contributed by atoms with Gasteiger partial charge in [0.15, 0.2) is 0 Å². The van der Waals surface area contributed by atoms with Crippen molar-refractivity contribution in [3.8, 4) is 0 Å². The van der Waals surface area contributed by atoms with Gasteiger partial charge in [0, 0.05) is 10.9 Å². The molecule has 0 aromatic heterocycles. The molecule has 0 saturated heterocycles. The zero-order valence-electron chi connectivity index (χ0n) is 9.07. The molecule has 0 aliphatic heterocycles. The van der Waals surface area contributed by atoms with E-state index >= 15 is 0 Å².